The van der Waals surface area contributed by atoms with Crippen LogP contribution in [0, 0.1) is 5.92 Å². The zero-order chi connectivity index (χ0) is 22.0. The number of nitrogens with zero attached hydrogens (tertiary/aromatic N) is 1. The molecule has 0 aliphatic carbocycles. The van der Waals surface area contributed by atoms with Crippen molar-refractivity contribution < 1.29 is 14.0 Å². The van der Waals surface area contributed by atoms with Crippen molar-refractivity contribution in [2.75, 3.05) is 11.9 Å². The second-order valence-electron chi connectivity index (χ2n) is 8.24. The van der Waals surface area contributed by atoms with Crippen molar-refractivity contribution in [3.63, 3.8) is 0 Å². The molecule has 0 spiro atoms. The summed E-state index contributed by atoms with van der Waals surface area (Å²) in [5.74, 6) is 1.93. The van der Waals surface area contributed by atoms with Crippen molar-refractivity contribution in [1.29, 1.82) is 0 Å². The number of anilines is 1. The van der Waals surface area contributed by atoms with Crippen LogP contribution in [0.1, 0.15) is 41.9 Å². The van der Waals surface area contributed by atoms with E-state index in [9.17, 15) is 9.59 Å². The Morgan fingerprint density at radius 1 is 1.13 bits per heavy atom. The Hall–Kier alpha value is -3.05. The molecule has 0 bridgehead atoms. The van der Waals surface area contributed by atoms with Crippen LogP contribution in [0.4, 0.5) is 5.69 Å². The summed E-state index contributed by atoms with van der Waals surface area (Å²) in [6.45, 7) is 5.12. The normalized spacial score (nSPS) is 13.2. The van der Waals surface area contributed by atoms with Gasteiger partial charge in [0.05, 0.1) is 10.6 Å². The molecule has 5 nitrogen and oxygen atoms in total. The lowest BCUT2D eigenvalue weighted by Gasteiger charge is -2.26. The highest BCUT2D eigenvalue weighted by atomic mass is 35.5. The molecule has 2 amide bonds. The number of nitrogens with one attached hydrogen (secondary N) is 1. The van der Waals surface area contributed by atoms with Crippen LogP contribution in [-0.4, -0.2) is 23.3 Å². The summed E-state index contributed by atoms with van der Waals surface area (Å²) >= 11 is 6.20. The van der Waals surface area contributed by atoms with E-state index in [4.69, 9.17) is 16.0 Å². The summed E-state index contributed by atoms with van der Waals surface area (Å²) in [4.78, 5) is 26.6. The quantitative estimate of drug-likeness (QED) is 0.551. The molecule has 0 fully saturated rings. The highest BCUT2D eigenvalue weighted by Gasteiger charge is 2.26. The van der Waals surface area contributed by atoms with E-state index in [1.807, 2.05) is 56.3 Å². The number of benzene rings is 2. The van der Waals surface area contributed by atoms with Gasteiger partial charge >= 0.3 is 0 Å². The van der Waals surface area contributed by atoms with Gasteiger partial charge in [0.2, 0.25) is 5.91 Å². The second kappa shape index (κ2) is 8.98. The van der Waals surface area contributed by atoms with E-state index in [0.29, 0.717) is 42.4 Å². The highest BCUT2D eigenvalue weighted by Crippen LogP contribution is 2.31. The third-order valence-corrected chi connectivity index (χ3v) is 5.63. The van der Waals surface area contributed by atoms with Crippen molar-refractivity contribution in [1.82, 2.24) is 4.90 Å². The van der Waals surface area contributed by atoms with Crippen molar-refractivity contribution in [3.05, 3.63) is 76.5 Å². The van der Waals surface area contributed by atoms with Gasteiger partial charge in [-0.25, -0.2) is 0 Å². The molecule has 0 saturated carbocycles. The summed E-state index contributed by atoms with van der Waals surface area (Å²) in [5, 5.41) is 3.38. The average molecular weight is 437 g/mol. The number of amides is 2. The lowest BCUT2D eigenvalue weighted by Crippen LogP contribution is -2.35. The van der Waals surface area contributed by atoms with E-state index < -0.39 is 0 Å². The van der Waals surface area contributed by atoms with Gasteiger partial charge in [-0.1, -0.05) is 37.6 Å². The fourth-order valence-corrected chi connectivity index (χ4v) is 3.97. The fourth-order valence-electron chi connectivity index (χ4n) is 3.75. The summed E-state index contributed by atoms with van der Waals surface area (Å²) in [7, 11) is 0. The number of halogens is 1. The molecular weight excluding hydrogens is 412 g/mol. The number of carbonyl (C=O) groups is 2. The standard InChI is InChI=1S/C25H25ClN2O3/c1-16(2)13-24(29)27-19-9-7-17(8-10-19)23-14-18-15-28(12-11-22(18)31-23)25(30)20-5-3-4-6-21(20)26/h3-10,14,16H,11-13,15H2,1-2H3,(H,27,29). The third kappa shape index (κ3) is 4.83. The Kier molecular flexibility index (Phi) is 6.14. The number of hydrogen-bond acceptors (Lipinski definition) is 3. The lowest BCUT2D eigenvalue weighted by molar-refractivity contribution is -0.116. The van der Waals surface area contributed by atoms with Crippen LogP contribution < -0.4 is 5.32 Å². The van der Waals surface area contributed by atoms with Gasteiger partial charge in [-0.15, -0.1) is 0 Å². The lowest BCUT2D eigenvalue weighted by atomic mass is 10.1. The van der Waals surface area contributed by atoms with E-state index in [-0.39, 0.29) is 11.8 Å². The molecule has 0 radical (unpaired) electrons. The van der Waals surface area contributed by atoms with Gasteiger partial charge in [-0.2, -0.15) is 0 Å². The van der Waals surface area contributed by atoms with Gasteiger partial charge in [0.1, 0.15) is 11.5 Å². The minimum absolute atomic E-state index is 0.0134. The molecule has 0 unspecified atom stereocenters. The average Bonchev–Trinajstić information content (AvgIpc) is 3.17. The first-order valence-electron chi connectivity index (χ1n) is 10.5. The Morgan fingerprint density at radius 2 is 1.87 bits per heavy atom. The molecule has 2 aromatic carbocycles. The first kappa shape index (κ1) is 21.2. The van der Waals surface area contributed by atoms with Crippen molar-refractivity contribution in [2.45, 2.75) is 33.2 Å². The molecule has 2 heterocycles. The van der Waals surface area contributed by atoms with Crippen LogP contribution in [0.5, 0.6) is 0 Å². The molecule has 1 N–H and O–H groups in total. The summed E-state index contributed by atoms with van der Waals surface area (Å²) in [5.41, 5.74) is 3.23. The largest absolute Gasteiger partial charge is 0.461 e. The molecule has 3 aromatic rings. The Balaban J connectivity index is 1.46. The van der Waals surface area contributed by atoms with Gasteiger partial charge in [0.25, 0.3) is 5.91 Å². The molecule has 1 aliphatic heterocycles. The first-order chi connectivity index (χ1) is 14.9. The predicted molar refractivity (Wildman–Crippen MR) is 122 cm³/mol. The molecular formula is C25H25ClN2O3. The van der Waals surface area contributed by atoms with Gasteiger partial charge < -0.3 is 14.6 Å². The van der Waals surface area contributed by atoms with Gasteiger partial charge in [0.15, 0.2) is 0 Å². The van der Waals surface area contributed by atoms with Crippen molar-refractivity contribution in [3.8, 4) is 11.3 Å². The first-order valence-corrected chi connectivity index (χ1v) is 10.8. The minimum Gasteiger partial charge on any atom is -0.461 e. The number of furan rings is 1. The molecule has 0 saturated heterocycles. The van der Waals surface area contributed by atoms with Crippen molar-refractivity contribution in [2.24, 2.45) is 5.92 Å². The van der Waals surface area contributed by atoms with Crippen molar-refractivity contribution >= 4 is 29.1 Å². The van der Waals surface area contributed by atoms with Crippen LogP contribution in [0.15, 0.2) is 59.0 Å². The van der Waals surface area contributed by atoms with Crippen LogP contribution >= 0.6 is 11.6 Å². The van der Waals surface area contributed by atoms with Crippen LogP contribution in [0.25, 0.3) is 11.3 Å². The molecule has 0 atom stereocenters. The second-order valence-corrected chi connectivity index (χ2v) is 8.65. The van der Waals surface area contributed by atoms with Crippen LogP contribution in [0.3, 0.4) is 0 Å². The Bertz CT molecular complexity index is 1100. The molecule has 6 heteroatoms. The SMILES string of the molecule is CC(C)CC(=O)Nc1ccc(-c2cc3c(o2)CCN(C(=O)c2ccccc2Cl)C3)cc1. The maximum absolute atomic E-state index is 12.9. The topological polar surface area (TPSA) is 62.6 Å². The maximum Gasteiger partial charge on any atom is 0.255 e. The molecule has 1 aromatic heterocycles. The van der Waals surface area contributed by atoms with Crippen LogP contribution in [0.2, 0.25) is 5.02 Å². The Morgan fingerprint density at radius 3 is 2.58 bits per heavy atom. The molecule has 160 valence electrons. The van der Waals surface area contributed by atoms with Gasteiger partial charge in [-0.05, 0) is 48.4 Å². The van der Waals surface area contributed by atoms with Gasteiger partial charge in [-0.3, -0.25) is 9.59 Å². The van der Waals surface area contributed by atoms with Crippen LogP contribution in [-0.2, 0) is 17.8 Å². The number of rotatable bonds is 5. The zero-order valence-electron chi connectivity index (χ0n) is 17.7. The Labute approximate surface area is 187 Å². The van der Waals surface area contributed by atoms with Gasteiger partial charge in [0, 0.05) is 42.7 Å². The van der Waals surface area contributed by atoms with E-state index in [1.54, 1.807) is 17.0 Å². The highest BCUT2D eigenvalue weighted by molar-refractivity contribution is 6.33. The number of carbonyl (C=O) groups excluding carboxylic acids is 2. The maximum atomic E-state index is 12.9. The summed E-state index contributed by atoms with van der Waals surface area (Å²) < 4.78 is 6.07. The molecule has 4 rings (SSSR count). The minimum atomic E-state index is -0.0690. The predicted octanol–water partition coefficient (Wildman–Crippen LogP) is 5.78. The summed E-state index contributed by atoms with van der Waals surface area (Å²) in [6, 6.07) is 16.7. The number of hydrogen-bond donors (Lipinski definition) is 1. The van der Waals surface area contributed by atoms with E-state index >= 15 is 0 Å². The monoisotopic (exact) mass is 436 g/mol. The third-order valence-electron chi connectivity index (χ3n) is 5.30. The van der Waals surface area contributed by atoms with E-state index in [2.05, 4.69) is 5.32 Å². The summed E-state index contributed by atoms with van der Waals surface area (Å²) in [6.07, 6.45) is 1.16. The smallest absolute Gasteiger partial charge is 0.255 e. The molecule has 31 heavy (non-hydrogen) atoms. The number of fused-ring (bicyclic) bond motifs is 1. The van der Waals surface area contributed by atoms with E-state index in [0.717, 1.165) is 28.3 Å². The van der Waals surface area contributed by atoms with E-state index in [1.165, 1.54) is 0 Å². The molecule has 1 aliphatic rings. The fraction of sp³-hybridized carbons (Fsp3) is 0.280. The zero-order valence-corrected chi connectivity index (χ0v) is 18.4.